The number of likely N-dealkylation sites (N-methyl/N-ethyl adjacent to an activating group) is 1. The minimum atomic E-state index is -2.93. The van der Waals surface area contributed by atoms with Gasteiger partial charge < -0.3 is 41.3 Å². The van der Waals surface area contributed by atoms with Gasteiger partial charge in [-0.2, -0.15) is 17.6 Å². The van der Waals surface area contributed by atoms with Crippen LogP contribution in [0.15, 0.2) is 158 Å². The average molecular weight is 1120 g/mol. The number of benzene rings is 5. The van der Waals surface area contributed by atoms with E-state index in [9.17, 15) is 22.4 Å². The molecule has 5 aromatic carbocycles. The summed E-state index contributed by atoms with van der Waals surface area (Å²) in [6.45, 7) is 1.51. The van der Waals surface area contributed by atoms with E-state index in [0.717, 1.165) is 31.2 Å². The zero-order valence-electron chi connectivity index (χ0n) is 41.0. The number of ether oxygens (including phenoxy) is 4. The van der Waals surface area contributed by atoms with E-state index in [-0.39, 0.29) is 35.9 Å². The van der Waals surface area contributed by atoms with Gasteiger partial charge in [-0.15, -0.1) is 6.42 Å². The minimum absolute atomic E-state index is 0.00764. The number of aliphatic imine (C=N–C) groups is 2. The molecule has 0 bridgehead atoms. The van der Waals surface area contributed by atoms with Crippen LogP contribution in [0.1, 0.15) is 54.2 Å². The van der Waals surface area contributed by atoms with E-state index in [1.807, 2.05) is 74.5 Å². The van der Waals surface area contributed by atoms with E-state index in [2.05, 4.69) is 82.4 Å². The highest BCUT2D eigenvalue weighted by atomic mass is 79.9. The van der Waals surface area contributed by atoms with Gasteiger partial charge in [0.25, 0.3) is 5.91 Å². The molecule has 1 unspecified atom stereocenters. The molecule has 1 aliphatic heterocycles. The predicted octanol–water partition coefficient (Wildman–Crippen LogP) is 10.9. The second-order valence-electron chi connectivity index (χ2n) is 15.0. The molecule has 0 saturated heterocycles. The monoisotopic (exact) mass is 1120 g/mol. The van der Waals surface area contributed by atoms with E-state index >= 15 is 0 Å². The quantitative estimate of drug-likeness (QED) is 0.0364. The van der Waals surface area contributed by atoms with Crippen molar-refractivity contribution >= 4 is 66.4 Å². The summed E-state index contributed by atoms with van der Waals surface area (Å²) in [4.78, 5) is 22.5. The van der Waals surface area contributed by atoms with Gasteiger partial charge in [0.2, 0.25) is 0 Å². The van der Waals surface area contributed by atoms with Crippen LogP contribution in [0.2, 0.25) is 0 Å². The van der Waals surface area contributed by atoms with Gasteiger partial charge in [0.1, 0.15) is 11.5 Å². The highest BCUT2D eigenvalue weighted by Gasteiger charge is 2.49. The van der Waals surface area contributed by atoms with Gasteiger partial charge in [-0.05, 0) is 132 Å². The van der Waals surface area contributed by atoms with Gasteiger partial charge in [-0.25, -0.2) is 4.99 Å². The third-order valence-electron chi connectivity index (χ3n) is 10.0. The molecule has 5 aromatic rings. The smallest absolute Gasteiger partial charge is 0.387 e. The summed E-state index contributed by atoms with van der Waals surface area (Å²) in [5, 5.41) is 8.68. The minimum Gasteiger partial charge on any atom is -0.435 e. The van der Waals surface area contributed by atoms with Crippen LogP contribution >= 0.6 is 31.9 Å². The van der Waals surface area contributed by atoms with Gasteiger partial charge >= 0.3 is 13.2 Å². The third kappa shape index (κ3) is 20.5. The number of alkyl halides is 4. The van der Waals surface area contributed by atoms with Crippen molar-refractivity contribution in [2.45, 2.75) is 39.5 Å². The van der Waals surface area contributed by atoms with E-state index in [0.29, 0.717) is 29.9 Å². The van der Waals surface area contributed by atoms with Crippen molar-refractivity contribution in [2.75, 3.05) is 48.1 Å². The van der Waals surface area contributed by atoms with Gasteiger partial charge in [-0.3, -0.25) is 14.7 Å². The number of hydrogen-bond donors (Lipinski definition) is 4. The normalized spacial score (nSPS) is 14.2. The maximum Gasteiger partial charge on any atom is 0.387 e. The topological polar surface area (TPSA) is 180 Å². The first-order chi connectivity index (χ1) is 34.3. The second-order valence-corrected chi connectivity index (χ2v) is 16.8. The largest absolute Gasteiger partial charge is 0.435 e. The van der Waals surface area contributed by atoms with Crippen LogP contribution in [-0.4, -0.2) is 89.2 Å². The lowest BCUT2D eigenvalue weighted by Gasteiger charge is -2.26. The number of terminal acetylenes is 1. The van der Waals surface area contributed by atoms with Crippen LogP contribution in [0.5, 0.6) is 11.5 Å². The lowest BCUT2D eigenvalue weighted by atomic mass is 9.81. The number of nitrogens with two attached hydrogens (primary N) is 3. The molecule has 7 N–H and O–H groups in total. The molecular formula is C54H60Br2F4N6O6. The number of methoxy groups -OCH3 is 2. The Hall–Kier alpha value is -6.75. The number of carbonyl (C=O) groups is 1. The number of allylic oxidation sites excluding steroid dienone is 3. The Morgan fingerprint density at radius 2 is 1.15 bits per heavy atom. The Balaban J connectivity index is 0.000000351. The summed E-state index contributed by atoms with van der Waals surface area (Å²) in [7, 11) is 6.39. The lowest BCUT2D eigenvalue weighted by Crippen LogP contribution is -2.41. The molecule has 1 aliphatic rings. The number of aliphatic hydroxyl groups is 1. The molecule has 1 amide bonds. The summed E-state index contributed by atoms with van der Waals surface area (Å²) >= 11 is 6.83. The molecule has 72 heavy (non-hydrogen) atoms. The Morgan fingerprint density at radius 3 is 1.51 bits per heavy atom. The molecular weight excluding hydrogens is 1060 g/mol. The Kier molecular flexibility index (Phi) is 27.5. The number of rotatable bonds is 14. The zero-order chi connectivity index (χ0) is 53.8. The van der Waals surface area contributed by atoms with Crippen LogP contribution in [0.3, 0.4) is 0 Å². The van der Waals surface area contributed by atoms with Crippen molar-refractivity contribution in [3.8, 4) is 23.8 Å². The van der Waals surface area contributed by atoms with Gasteiger partial charge in [0, 0.05) is 42.8 Å². The van der Waals surface area contributed by atoms with Crippen LogP contribution in [0.25, 0.3) is 16.7 Å². The first-order valence-corrected chi connectivity index (χ1v) is 23.2. The van der Waals surface area contributed by atoms with Crippen molar-refractivity contribution in [1.82, 2.24) is 4.90 Å². The molecule has 384 valence electrons. The molecule has 0 aliphatic carbocycles. The molecule has 0 radical (unpaired) electrons. The van der Waals surface area contributed by atoms with Crippen molar-refractivity contribution in [3.63, 3.8) is 0 Å². The molecule has 1 atom stereocenters. The fourth-order valence-electron chi connectivity index (χ4n) is 6.16. The molecule has 6 rings (SSSR count). The lowest BCUT2D eigenvalue weighted by molar-refractivity contribution is -0.129. The Morgan fingerprint density at radius 1 is 0.736 bits per heavy atom. The third-order valence-corrected chi connectivity index (χ3v) is 11.0. The molecule has 1 heterocycles. The van der Waals surface area contributed by atoms with E-state index in [4.69, 9.17) is 38.2 Å². The second kappa shape index (κ2) is 32.3. The highest BCUT2D eigenvalue weighted by Crippen LogP contribution is 2.40. The van der Waals surface area contributed by atoms with Crippen molar-refractivity contribution < 1.29 is 46.4 Å². The van der Waals surface area contributed by atoms with E-state index in [1.54, 1.807) is 45.5 Å². The van der Waals surface area contributed by atoms with Crippen molar-refractivity contribution in [1.29, 1.82) is 0 Å². The van der Waals surface area contributed by atoms with Gasteiger partial charge in [-0.1, -0.05) is 111 Å². The summed E-state index contributed by atoms with van der Waals surface area (Å²) < 4.78 is 69.1. The molecule has 0 fully saturated rings. The van der Waals surface area contributed by atoms with Gasteiger partial charge in [0.05, 0.1) is 19.8 Å². The highest BCUT2D eigenvalue weighted by molar-refractivity contribution is 9.10. The van der Waals surface area contributed by atoms with E-state index in [1.165, 1.54) is 59.5 Å². The number of nitrogens with zero attached hydrogens (tertiary/aromatic N) is 3. The van der Waals surface area contributed by atoms with Crippen LogP contribution in [-0.2, 0) is 19.8 Å². The number of guanidine groups is 2. The van der Waals surface area contributed by atoms with Crippen LogP contribution < -0.4 is 26.7 Å². The molecule has 0 aromatic heterocycles. The summed E-state index contributed by atoms with van der Waals surface area (Å²) in [5.74, 6) is 2.34. The standard InChI is InChI=1S/C22H23F2N3O3.C11H13BrO.C10H11BrO.C9H6F2O.C2H7N3/c1-14(11-12-29-3)15-5-4-6-17(13-15)22(19(28)27(2)21(25)26-22)16-7-9-18(10-8-16)30-20(23)24;1-9(6-7-13-2)10-4-3-5-11(12)8-10;1-8(5-6-12)9-3-2-4-10(11)7-9;1-2-7-3-5-8(6-4-7)12-9(10)11;1-5-2(3)4/h4-11,13,20H,12H2,1-3H3,(H2,25,26);3-6,8H,7H2,1-2H3;2-5,7,12H,6H2,1H3;1,3-6,9H;1H3,(H4,3,4,5)/b14-11+;9-6+;8-5+;;. The van der Waals surface area contributed by atoms with E-state index < -0.39 is 18.8 Å². The van der Waals surface area contributed by atoms with Crippen LogP contribution in [0, 0.1) is 12.3 Å². The zero-order valence-corrected chi connectivity index (χ0v) is 44.1. The fourth-order valence-corrected chi connectivity index (χ4v) is 6.96. The number of aliphatic hydroxyl groups excluding tert-OH is 1. The fraction of sp³-hybridized carbons (Fsp3) is 0.241. The molecule has 0 saturated carbocycles. The number of halogens is 6. The maximum absolute atomic E-state index is 13.3. The number of amides is 1. The molecule has 18 heteroatoms. The summed E-state index contributed by atoms with van der Waals surface area (Å²) in [6.07, 6.45) is 10.9. The van der Waals surface area contributed by atoms with Gasteiger partial charge in [0.15, 0.2) is 17.5 Å². The predicted molar refractivity (Wildman–Crippen MR) is 288 cm³/mol. The number of hydrogen-bond acceptors (Lipinski definition) is 9. The Labute approximate surface area is 436 Å². The first kappa shape index (κ1) is 61.4. The summed E-state index contributed by atoms with van der Waals surface area (Å²) in [6, 6.07) is 35.4. The number of carbonyl (C=O) groups excluding carboxylic acids is 1. The molecule has 12 nitrogen and oxygen atoms in total. The Bertz CT molecular complexity index is 2670. The first-order valence-electron chi connectivity index (χ1n) is 21.7. The van der Waals surface area contributed by atoms with Crippen molar-refractivity contribution in [2.24, 2.45) is 27.2 Å². The van der Waals surface area contributed by atoms with Crippen molar-refractivity contribution in [3.05, 3.63) is 182 Å². The SMILES string of the molecule is C#Cc1ccc(OC(F)F)cc1.C/C(=C\CO)c1cccc(Br)c1.CN=C(N)N.COC/C=C(\C)c1cccc(Br)c1.COC/C=C(\C)c1cccc(C2(c3ccc(OC(F)F)cc3)N=C(N)N(C)C2=O)c1. The molecule has 0 spiro atoms. The average Bonchev–Trinajstić information content (AvgIpc) is 3.60. The summed E-state index contributed by atoms with van der Waals surface area (Å²) in [5.41, 5.74) is 22.5. The van der Waals surface area contributed by atoms with Crippen LogP contribution in [0.4, 0.5) is 17.6 Å². The maximum atomic E-state index is 13.3.